The highest BCUT2D eigenvalue weighted by atomic mass is 16.4. The van der Waals surface area contributed by atoms with Gasteiger partial charge in [0.1, 0.15) is 24.2 Å². The third-order valence-electron chi connectivity index (χ3n) is 5.23. The van der Waals surface area contributed by atoms with E-state index in [9.17, 15) is 29.1 Å². The molecular formula is C19H34N6O7. The number of amides is 4. The van der Waals surface area contributed by atoms with Crippen molar-refractivity contribution in [2.24, 2.45) is 17.2 Å². The van der Waals surface area contributed by atoms with Crippen LogP contribution in [0.25, 0.3) is 0 Å². The summed E-state index contributed by atoms with van der Waals surface area (Å²) >= 11 is 0. The number of carboxylic acid groups (broad SMARTS) is 1. The van der Waals surface area contributed by atoms with Gasteiger partial charge >= 0.3 is 5.97 Å². The van der Waals surface area contributed by atoms with Gasteiger partial charge < -0.3 is 42.9 Å². The van der Waals surface area contributed by atoms with E-state index >= 15 is 0 Å². The Kier molecular flexibility index (Phi) is 11.6. The molecule has 4 amide bonds. The second-order valence-corrected chi connectivity index (χ2v) is 7.73. The SMILES string of the molecule is NCCCCC(NC(=O)C(CCC(N)=O)NC(=O)C1CCCN1C(=O)C(N)CO)C(=O)O. The lowest BCUT2D eigenvalue weighted by Gasteiger charge is -2.28. The van der Waals surface area contributed by atoms with Crippen molar-refractivity contribution in [2.45, 2.75) is 69.1 Å². The average molecular weight is 459 g/mol. The number of hydrogen-bond acceptors (Lipinski definition) is 8. The fourth-order valence-corrected chi connectivity index (χ4v) is 3.44. The normalized spacial score (nSPS) is 18.5. The van der Waals surface area contributed by atoms with E-state index < -0.39 is 60.4 Å². The number of nitrogens with two attached hydrogens (primary N) is 3. The van der Waals surface area contributed by atoms with Crippen LogP contribution < -0.4 is 27.8 Å². The quantitative estimate of drug-likeness (QED) is 0.129. The van der Waals surface area contributed by atoms with Gasteiger partial charge in [0.25, 0.3) is 0 Å². The molecule has 4 unspecified atom stereocenters. The number of aliphatic carboxylic acids is 1. The number of unbranched alkanes of at least 4 members (excludes halogenated alkanes) is 1. The molecule has 182 valence electrons. The zero-order valence-electron chi connectivity index (χ0n) is 18.0. The first-order valence-electron chi connectivity index (χ1n) is 10.6. The Morgan fingerprint density at radius 2 is 1.75 bits per heavy atom. The maximum Gasteiger partial charge on any atom is 0.326 e. The number of nitrogens with one attached hydrogen (secondary N) is 2. The molecule has 1 rings (SSSR count). The Labute approximate surface area is 186 Å². The van der Waals surface area contributed by atoms with Gasteiger partial charge in [-0.1, -0.05) is 0 Å². The fraction of sp³-hybridized carbons (Fsp3) is 0.737. The van der Waals surface area contributed by atoms with E-state index in [-0.39, 0.29) is 25.8 Å². The number of carbonyl (C=O) groups excluding carboxylic acids is 4. The first-order chi connectivity index (χ1) is 15.1. The molecule has 0 saturated carbocycles. The van der Waals surface area contributed by atoms with Gasteiger partial charge in [0.15, 0.2) is 0 Å². The summed E-state index contributed by atoms with van der Waals surface area (Å²) < 4.78 is 0. The number of aliphatic hydroxyl groups is 1. The number of carboxylic acids is 1. The molecule has 0 aromatic rings. The molecule has 32 heavy (non-hydrogen) atoms. The average Bonchev–Trinajstić information content (AvgIpc) is 3.24. The molecule has 1 heterocycles. The smallest absolute Gasteiger partial charge is 0.326 e. The van der Waals surface area contributed by atoms with Crippen LogP contribution in [0.1, 0.15) is 44.9 Å². The van der Waals surface area contributed by atoms with Gasteiger partial charge in [-0.05, 0) is 45.1 Å². The van der Waals surface area contributed by atoms with Crippen LogP contribution in [0.2, 0.25) is 0 Å². The summed E-state index contributed by atoms with van der Waals surface area (Å²) in [5, 5.41) is 23.4. The highest BCUT2D eigenvalue weighted by Crippen LogP contribution is 2.19. The molecule has 0 aromatic carbocycles. The number of likely N-dealkylation sites (tertiary alicyclic amines) is 1. The van der Waals surface area contributed by atoms with E-state index in [1.165, 1.54) is 4.90 Å². The molecule has 1 saturated heterocycles. The molecule has 1 aliphatic rings. The van der Waals surface area contributed by atoms with Gasteiger partial charge in [-0.3, -0.25) is 19.2 Å². The predicted octanol–water partition coefficient (Wildman–Crippen LogP) is -3.25. The summed E-state index contributed by atoms with van der Waals surface area (Å²) in [6.45, 7) is 0.0766. The maximum atomic E-state index is 12.8. The Balaban J connectivity index is 2.89. The van der Waals surface area contributed by atoms with Crippen LogP contribution in [-0.4, -0.2) is 88.6 Å². The minimum Gasteiger partial charge on any atom is -0.480 e. The number of primary amides is 1. The molecule has 0 radical (unpaired) electrons. The number of aliphatic hydroxyl groups excluding tert-OH is 1. The van der Waals surface area contributed by atoms with Crippen molar-refractivity contribution in [1.29, 1.82) is 0 Å². The third kappa shape index (κ3) is 8.40. The highest BCUT2D eigenvalue weighted by Gasteiger charge is 2.37. The van der Waals surface area contributed by atoms with Crippen LogP contribution in [0.5, 0.6) is 0 Å². The topological polar surface area (TPSA) is 231 Å². The second-order valence-electron chi connectivity index (χ2n) is 7.73. The summed E-state index contributed by atoms with van der Waals surface area (Å²) in [4.78, 5) is 61.8. The first-order valence-corrected chi connectivity index (χ1v) is 10.6. The summed E-state index contributed by atoms with van der Waals surface area (Å²) in [6, 6.07) is -4.48. The summed E-state index contributed by atoms with van der Waals surface area (Å²) in [6.07, 6.45) is 1.72. The van der Waals surface area contributed by atoms with Crippen molar-refractivity contribution in [3.8, 4) is 0 Å². The lowest BCUT2D eigenvalue weighted by atomic mass is 10.1. The molecule has 0 bridgehead atoms. The lowest BCUT2D eigenvalue weighted by Crippen LogP contribution is -2.57. The molecule has 13 heteroatoms. The van der Waals surface area contributed by atoms with E-state index in [2.05, 4.69) is 10.6 Å². The zero-order valence-corrected chi connectivity index (χ0v) is 18.0. The Morgan fingerprint density at radius 1 is 1.06 bits per heavy atom. The van der Waals surface area contributed by atoms with Crippen molar-refractivity contribution in [2.75, 3.05) is 19.7 Å². The van der Waals surface area contributed by atoms with Crippen molar-refractivity contribution in [3.05, 3.63) is 0 Å². The molecule has 0 aliphatic carbocycles. The van der Waals surface area contributed by atoms with Crippen molar-refractivity contribution in [1.82, 2.24) is 15.5 Å². The second kappa shape index (κ2) is 13.6. The maximum absolute atomic E-state index is 12.8. The fourth-order valence-electron chi connectivity index (χ4n) is 3.44. The first kappa shape index (κ1) is 27.3. The summed E-state index contributed by atoms with van der Waals surface area (Å²) in [5.74, 6) is -3.93. The van der Waals surface area contributed by atoms with Gasteiger partial charge in [-0.2, -0.15) is 0 Å². The minimum absolute atomic E-state index is 0.140. The van der Waals surface area contributed by atoms with Crippen LogP contribution >= 0.6 is 0 Å². The van der Waals surface area contributed by atoms with Gasteiger partial charge in [0, 0.05) is 13.0 Å². The molecule has 10 N–H and O–H groups in total. The van der Waals surface area contributed by atoms with Crippen molar-refractivity contribution >= 4 is 29.6 Å². The van der Waals surface area contributed by atoms with Crippen molar-refractivity contribution in [3.63, 3.8) is 0 Å². The van der Waals surface area contributed by atoms with Gasteiger partial charge in [0.2, 0.25) is 23.6 Å². The molecule has 1 fully saturated rings. The standard InChI is InChI=1S/C19H34N6O7/c20-8-2-1-4-13(19(31)32)24-16(28)12(6-7-15(22)27)23-17(29)14-5-3-9-25(14)18(30)11(21)10-26/h11-14,26H,1-10,20-21H2,(H2,22,27)(H,23,29)(H,24,28)(H,31,32). The monoisotopic (exact) mass is 458 g/mol. The largest absolute Gasteiger partial charge is 0.480 e. The molecule has 1 aliphatic heterocycles. The van der Waals surface area contributed by atoms with E-state index in [1.807, 2.05) is 0 Å². The van der Waals surface area contributed by atoms with Gasteiger partial charge in [0.05, 0.1) is 6.61 Å². The minimum atomic E-state index is -1.24. The number of hydrogen-bond donors (Lipinski definition) is 7. The van der Waals surface area contributed by atoms with Gasteiger partial charge in [-0.25, -0.2) is 4.79 Å². The van der Waals surface area contributed by atoms with E-state index in [0.29, 0.717) is 32.2 Å². The highest BCUT2D eigenvalue weighted by molar-refractivity contribution is 5.94. The van der Waals surface area contributed by atoms with E-state index in [4.69, 9.17) is 22.3 Å². The zero-order chi connectivity index (χ0) is 24.3. The van der Waals surface area contributed by atoms with Crippen LogP contribution in [0.4, 0.5) is 0 Å². The van der Waals surface area contributed by atoms with Crippen LogP contribution in [0, 0.1) is 0 Å². The third-order valence-corrected chi connectivity index (χ3v) is 5.23. The summed E-state index contributed by atoms with van der Waals surface area (Å²) in [7, 11) is 0. The molecular weight excluding hydrogens is 424 g/mol. The van der Waals surface area contributed by atoms with E-state index in [0.717, 1.165) is 0 Å². The molecule has 0 spiro atoms. The Morgan fingerprint density at radius 3 is 2.31 bits per heavy atom. The summed E-state index contributed by atoms with van der Waals surface area (Å²) in [5.41, 5.74) is 16.1. The van der Waals surface area contributed by atoms with Crippen LogP contribution in [0.15, 0.2) is 0 Å². The number of carbonyl (C=O) groups is 5. The van der Waals surface area contributed by atoms with Gasteiger partial charge in [-0.15, -0.1) is 0 Å². The van der Waals surface area contributed by atoms with Crippen molar-refractivity contribution < 1.29 is 34.2 Å². The number of nitrogens with zero attached hydrogens (tertiary/aromatic N) is 1. The predicted molar refractivity (Wildman–Crippen MR) is 113 cm³/mol. The van der Waals surface area contributed by atoms with E-state index in [1.54, 1.807) is 0 Å². The van der Waals surface area contributed by atoms with Crippen LogP contribution in [0.3, 0.4) is 0 Å². The molecule has 0 aromatic heterocycles. The number of rotatable bonds is 14. The Bertz CT molecular complexity index is 689. The molecule has 13 nitrogen and oxygen atoms in total. The molecule has 4 atom stereocenters. The lowest BCUT2D eigenvalue weighted by molar-refractivity contribution is -0.143. The van der Waals surface area contributed by atoms with Crippen LogP contribution in [-0.2, 0) is 24.0 Å². The Hall–Kier alpha value is -2.77.